The quantitative estimate of drug-likeness (QED) is 0.723. The first-order chi connectivity index (χ1) is 9.12. The normalized spacial score (nSPS) is 10.1. The molecule has 0 fully saturated rings. The molecular weight excluding hydrogens is 266 g/mol. The van der Waals surface area contributed by atoms with E-state index in [0.717, 1.165) is 5.56 Å². The maximum atomic E-state index is 11.8. The average Bonchev–Trinajstić information content (AvgIpc) is 2.44. The van der Waals surface area contributed by atoms with Crippen LogP contribution in [0.1, 0.15) is 18.4 Å². The molecule has 4 nitrogen and oxygen atoms in total. The molecule has 0 aromatic heterocycles. The van der Waals surface area contributed by atoms with Gasteiger partial charge in [-0.05, 0) is 24.1 Å². The molecule has 0 aliphatic heterocycles. The minimum atomic E-state index is 0.0930. The number of amides is 1. The first kappa shape index (κ1) is 15.6. The minimum absolute atomic E-state index is 0.0930. The van der Waals surface area contributed by atoms with Crippen molar-refractivity contribution in [3.63, 3.8) is 0 Å². The third-order valence-electron chi connectivity index (χ3n) is 2.82. The molecule has 0 heterocycles. The van der Waals surface area contributed by atoms with Gasteiger partial charge in [-0.2, -0.15) is 0 Å². The SMILES string of the molecule is COc1ccc(CN(C)C(=O)CCCCl)cc1OC. The molecule has 0 N–H and O–H groups in total. The Hall–Kier alpha value is -1.42. The highest BCUT2D eigenvalue weighted by atomic mass is 35.5. The molecule has 0 aliphatic rings. The molecule has 0 saturated heterocycles. The van der Waals surface area contributed by atoms with E-state index in [4.69, 9.17) is 21.1 Å². The second-order valence-corrected chi connectivity index (χ2v) is 4.61. The fourth-order valence-corrected chi connectivity index (χ4v) is 1.88. The van der Waals surface area contributed by atoms with Crippen molar-refractivity contribution in [3.8, 4) is 11.5 Å². The van der Waals surface area contributed by atoms with Gasteiger partial charge in [-0.3, -0.25) is 4.79 Å². The fourth-order valence-electron chi connectivity index (χ4n) is 1.75. The summed E-state index contributed by atoms with van der Waals surface area (Å²) >= 11 is 5.58. The molecular formula is C14H20ClNO3. The lowest BCUT2D eigenvalue weighted by molar-refractivity contribution is -0.130. The van der Waals surface area contributed by atoms with Crippen molar-refractivity contribution in [2.75, 3.05) is 27.1 Å². The first-order valence-electron chi connectivity index (χ1n) is 6.13. The van der Waals surface area contributed by atoms with E-state index in [1.165, 1.54) is 0 Å². The molecule has 0 spiro atoms. The maximum absolute atomic E-state index is 11.8. The summed E-state index contributed by atoms with van der Waals surface area (Å²) in [7, 11) is 4.98. The van der Waals surface area contributed by atoms with E-state index in [0.29, 0.717) is 36.8 Å². The number of benzene rings is 1. The summed E-state index contributed by atoms with van der Waals surface area (Å²) in [6.07, 6.45) is 1.18. The lowest BCUT2D eigenvalue weighted by Gasteiger charge is -2.18. The predicted octanol–water partition coefficient (Wildman–Crippen LogP) is 2.68. The van der Waals surface area contributed by atoms with Gasteiger partial charge in [-0.15, -0.1) is 11.6 Å². The van der Waals surface area contributed by atoms with Crippen molar-refractivity contribution >= 4 is 17.5 Å². The number of halogens is 1. The molecule has 5 heteroatoms. The molecule has 0 atom stereocenters. The van der Waals surface area contributed by atoms with E-state index in [2.05, 4.69) is 0 Å². The Morgan fingerprint density at radius 1 is 1.26 bits per heavy atom. The van der Waals surface area contributed by atoms with Gasteiger partial charge in [0.05, 0.1) is 14.2 Å². The fraction of sp³-hybridized carbons (Fsp3) is 0.500. The predicted molar refractivity (Wildman–Crippen MR) is 76.0 cm³/mol. The molecule has 1 rings (SSSR count). The molecule has 1 aromatic carbocycles. The third-order valence-corrected chi connectivity index (χ3v) is 3.08. The zero-order valence-corrected chi connectivity index (χ0v) is 12.4. The van der Waals surface area contributed by atoms with Crippen molar-refractivity contribution in [2.24, 2.45) is 0 Å². The van der Waals surface area contributed by atoms with Gasteiger partial charge in [0.2, 0.25) is 5.91 Å². The number of hydrogen-bond acceptors (Lipinski definition) is 3. The highest BCUT2D eigenvalue weighted by Gasteiger charge is 2.10. The first-order valence-corrected chi connectivity index (χ1v) is 6.66. The highest BCUT2D eigenvalue weighted by Crippen LogP contribution is 2.27. The molecule has 19 heavy (non-hydrogen) atoms. The Balaban J connectivity index is 2.68. The average molecular weight is 286 g/mol. The summed E-state index contributed by atoms with van der Waals surface area (Å²) < 4.78 is 10.4. The van der Waals surface area contributed by atoms with Crippen LogP contribution in [0.15, 0.2) is 18.2 Å². The summed E-state index contributed by atoms with van der Waals surface area (Å²) in [5.41, 5.74) is 0.999. The zero-order valence-electron chi connectivity index (χ0n) is 11.6. The van der Waals surface area contributed by atoms with E-state index in [-0.39, 0.29) is 5.91 Å². The van der Waals surface area contributed by atoms with Crippen LogP contribution >= 0.6 is 11.6 Å². The highest BCUT2D eigenvalue weighted by molar-refractivity contribution is 6.17. The maximum Gasteiger partial charge on any atom is 0.222 e. The third kappa shape index (κ3) is 4.63. The summed E-state index contributed by atoms with van der Waals surface area (Å²) in [5, 5.41) is 0. The summed E-state index contributed by atoms with van der Waals surface area (Å²) in [5.74, 6) is 1.95. The van der Waals surface area contributed by atoms with Crippen molar-refractivity contribution in [1.82, 2.24) is 4.90 Å². The Labute approximate surface area is 119 Å². The van der Waals surface area contributed by atoms with E-state index in [9.17, 15) is 4.79 Å². The number of carbonyl (C=O) groups excluding carboxylic acids is 1. The van der Waals surface area contributed by atoms with E-state index < -0.39 is 0 Å². The van der Waals surface area contributed by atoms with Crippen molar-refractivity contribution in [2.45, 2.75) is 19.4 Å². The van der Waals surface area contributed by atoms with Crippen LogP contribution in [0.5, 0.6) is 11.5 Å². The standard InChI is InChI=1S/C14H20ClNO3/c1-16(14(17)5-4-8-15)10-11-6-7-12(18-2)13(9-11)19-3/h6-7,9H,4-5,8,10H2,1-3H3. The van der Waals surface area contributed by atoms with E-state index >= 15 is 0 Å². The van der Waals surface area contributed by atoms with Gasteiger partial charge < -0.3 is 14.4 Å². The van der Waals surface area contributed by atoms with Crippen LogP contribution in [-0.4, -0.2) is 38.0 Å². The Kier molecular flexibility index (Phi) is 6.50. The van der Waals surface area contributed by atoms with E-state index in [1.54, 1.807) is 26.2 Å². The Morgan fingerprint density at radius 2 is 1.95 bits per heavy atom. The summed E-state index contributed by atoms with van der Waals surface area (Å²) in [6.45, 7) is 0.543. The Morgan fingerprint density at radius 3 is 2.53 bits per heavy atom. The van der Waals surface area contributed by atoms with Crippen LogP contribution in [0, 0.1) is 0 Å². The number of carbonyl (C=O) groups is 1. The largest absolute Gasteiger partial charge is 0.493 e. The molecule has 1 amide bonds. The van der Waals surface area contributed by atoms with Crippen LogP contribution in [0.2, 0.25) is 0 Å². The topological polar surface area (TPSA) is 38.8 Å². The molecule has 0 unspecified atom stereocenters. The Bertz CT molecular complexity index is 423. The van der Waals surface area contributed by atoms with Crippen LogP contribution < -0.4 is 9.47 Å². The lowest BCUT2D eigenvalue weighted by Crippen LogP contribution is -2.25. The number of methoxy groups -OCH3 is 2. The second-order valence-electron chi connectivity index (χ2n) is 4.23. The van der Waals surface area contributed by atoms with Crippen LogP contribution in [-0.2, 0) is 11.3 Å². The summed E-state index contributed by atoms with van der Waals surface area (Å²) in [4.78, 5) is 13.5. The number of hydrogen-bond donors (Lipinski definition) is 0. The monoisotopic (exact) mass is 285 g/mol. The van der Waals surface area contributed by atoms with Crippen LogP contribution in [0.25, 0.3) is 0 Å². The molecule has 0 saturated carbocycles. The van der Waals surface area contributed by atoms with E-state index in [1.807, 2.05) is 18.2 Å². The molecule has 1 aromatic rings. The van der Waals surface area contributed by atoms with Crippen LogP contribution in [0.3, 0.4) is 0 Å². The minimum Gasteiger partial charge on any atom is -0.493 e. The van der Waals surface area contributed by atoms with Gasteiger partial charge in [0, 0.05) is 25.9 Å². The lowest BCUT2D eigenvalue weighted by atomic mass is 10.2. The van der Waals surface area contributed by atoms with Gasteiger partial charge in [-0.25, -0.2) is 0 Å². The number of ether oxygens (including phenoxy) is 2. The van der Waals surface area contributed by atoms with Crippen molar-refractivity contribution in [3.05, 3.63) is 23.8 Å². The van der Waals surface area contributed by atoms with Gasteiger partial charge in [0.1, 0.15) is 0 Å². The number of alkyl halides is 1. The molecule has 0 radical (unpaired) electrons. The number of rotatable bonds is 7. The smallest absolute Gasteiger partial charge is 0.222 e. The summed E-state index contributed by atoms with van der Waals surface area (Å²) in [6, 6.07) is 5.64. The van der Waals surface area contributed by atoms with Crippen molar-refractivity contribution in [1.29, 1.82) is 0 Å². The second kappa shape index (κ2) is 7.89. The van der Waals surface area contributed by atoms with Gasteiger partial charge >= 0.3 is 0 Å². The van der Waals surface area contributed by atoms with Gasteiger partial charge in [-0.1, -0.05) is 6.07 Å². The van der Waals surface area contributed by atoms with Gasteiger partial charge in [0.25, 0.3) is 0 Å². The molecule has 106 valence electrons. The van der Waals surface area contributed by atoms with Gasteiger partial charge in [0.15, 0.2) is 11.5 Å². The number of nitrogens with zero attached hydrogens (tertiary/aromatic N) is 1. The zero-order chi connectivity index (χ0) is 14.3. The molecule has 0 aliphatic carbocycles. The van der Waals surface area contributed by atoms with Crippen LogP contribution in [0.4, 0.5) is 0 Å². The van der Waals surface area contributed by atoms with Crippen molar-refractivity contribution < 1.29 is 14.3 Å². The molecule has 0 bridgehead atoms.